The van der Waals surface area contributed by atoms with Crippen molar-refractivity contribution >= 4 is 10.9 Å². The number of hydrogen-bond donors (Lipinski definition) is 2. The SMILES string of the molecule is NCC1(c2c[nH]c3ccccc23)CCOC1. The van der Waals surface area contributed by atoms with Gasteiger partial charge in [0.25, 0.3) is 0 Å². The minimum Gasteiger partial charge on any atom is -0.380 e. The van der Waals surface area contributed by atoms with Crippen LogP contribution in [-0.4, -0.2) is 24.7 Å². The largest absolute Gasteiger partial charge is 0.380 e. The molecule has 1 atom stereocenters. The molecule has 0 saturated carbocycles. The Morgan fingerprint density at radius 2 is 2.25 bits per heavy atom. The first kappa shape index (κ1) is 9.87. The van der Waals surface area contributed by atoms with Crippen molar-refractivity contribution < 1.29 is 4.74 Å². The number of para-hydroxylation sites is 1. The summed E-state index contributed by atoms with van der Waals surface area (Å²) in [6.07, 6.45) is 3.11. The highest BCUT2D eigenvalue weighted by Crippen LogP contribution is 2.36. The van der Waals surface area contributed by atoms with Crippen LogP contribution in [0, 0.1) is 0 Å². The Labute approximate surface area is 94.6 Å². The van der Waals surface area contributed by atoms with Gasteiger partial charge < -0.3 is 15.5 Å². The molecule has 3 heteroatoms. The Bertz CT molecular complexity index is 497. The fourth-order valence-electron chi connectivity index (χ4n) is 2.60. The Morgan fingerprint density at radius 3 is 3.00 bits per heavy atom. The number of hydrogen-bond acceptors (Lipinski definition) is 2. The number of rotatable bonds is 2. The lowest BCUT2D eigenvalue weighted by molar-refractivity contribution is 0.179. The summed E-state index contributed by atoms with van der Waals surface area (Å²) >= 11 is 0. The molecular formula is C13H16N2O. The molecule has 0 aliphatic carbocycles. The maximum Gasteiger partial charge on any atom is 0.0576 e. The first-order valence-corrected chi connectivity index (χ1v) is 5.70. The summed E-state index contributed by atoms with van der Waals surface area (Å²) in [4.78, 5) is 3.31. The Hall–Kier alpha value is -1.32. The van der Waals surface area contributed by atoms with E-state index in [0.29, 0.717) is 6.54 Å². The van der Waals surface area contributed by atoms with E-state index in [4.69, 9.17) is 10.5 Å². The third kappa shape index (κ3) is 1.29. The Balaban J connectivity index is 2.17. The monoisotopic (exact) mass is 216 g/mol. The molecule has 3 rings (SSSR count). The number of fused-ring (bicyclic) bond motifs is 1. The highest BCUT2D eigenvalue weighted by Gasteiger charge is 2.37. The maximum absolute atomic E-state index is 5.96. The van der Waals surface area contributed by atoms with Crippen molar-refractivity contribution in [2.75, 3.05) is 19.8 Å². The van der Waals surface area contributed by atoms with Crippen molar-refractivity contribution in [1.29, 1.82) is 0 Å². The summed E-state index contributed by atoms with van der Waals surface area (Å²) in [5, 5.41) is 1.28. The van der Waals surface area contributed by atoms with Crippen molar-refractivity contribution in [2.24, 2.45) is 5.73 Å². The molecular weight excluding hydrogens is 200 g/mol. The number of nitrogens with two attached hydrogens (primary N) is 1. The molecule has 3 N–H and O–H groups in total. The van der Waals surface area contributed by atoms with Gasteiger partial charge in [0.15, 0.2) is 0 Å². The van der Waals surface area contributed by atoms with E-state index in [1.165, 1.54) is 16.5 Å². The van der Waals surface area contributed by atoms with Crippen LogP contribution in [0.1, 0.15) is 12.0 Å². The third-order valence-corrected chi connectivity index (χ3v) is 3.65. The van der Waals surface area contributed by atoms with E-state index in [1.807, 2.05) is 6.07 Å². The van der Waals surface area contributed by atoms with Crippen LogP contribution < -0.4 is 5.73 Å². The van der Waals surface area contributed by atoms with Crippen LogP contribution in [0.25, 0.3) is 10.9 Å². The molecule has 2 heterocycles. The van der Waals surface area contributed by atoms with Gasteiger partial charge in [0.1, 0.15) is 0 Å². The molecule has 0 spiro atoms. The molecule has 1 aliphatic rings. The fourth-order valence-corrected chi connectivity index (χ4v) is 2.60. The second-order valence-corrected chi connectivity index (χ2v) is 4.53. The summed E-state index contributed by atoms with van der Waals surface area (Å²) < 4.78 is 5.53. The molecule has 0 bridgehead atoms. The van der Waals surface area contributed by atoms with Gasteiger partial charge in [-0.05, 0) is 18.1 Å². The van der Waals surface area contributed by atoms with Crippen LogP contribution in [0.15, 0.2) is 30.5 Å². The molecule has 16 heavy (non-hydrogen) atoms. The highest BCUT2D eigenvalue weighted by molar-refractivity contribution is 5.84. The Morgan fingerprint density at radius 1 is 1.38 bits per heavy atom. The van der Waals surface area contributed by atoms with Crippen LogP contribution in [0.2, 0.25) is 0 Å². The minimum atomic E-state index is 0.0135. The van der Waals surface area contributed by atoms with Crippen LogP contribution in [-0.2, 0) is 10.2 Å². The zero-order valence-corrected chi connectivity index (χ0v) is 9.20. The van der Waals surface area contributed by atoms with Crippen molar-refractivity contribution in [2.45, 2.75) is 11.8 Å². The van der Waals surface area contributed by atoms with E-state index < -0.39 is 0 Å². The van der Waals surface area contributed by atoms with Gasteiger partial charge in [-0.15, -0.1) is 0 Å². The van der Waals surface area contributed by atoms with Gasteiger partial charge in [-0.3, -0.25) is 0 Å². The van der Waals surface area contributed by atoms with Crippen molar-refractivity contribution in [1.82, 2.24) is 4.98 Å². The fraction of sp³-hybridized carbons (Fsp3) is 0.385. The number of H-pyrrole nitrogens is 1. The minimum absolute atomic E-state index is 0.0135. The summed E-state index contributed by atoms with van der Waals surface area (Å²) in [6.45, 7) is 2.21. The first-order chi connectivity index (χ1) is 7.86. The lowest BCUT2D eigenvalue weighted by Crippen LogP contribution is -2.35. The second-order valence-electron chi connectivity index (χ2n) is 4.53. The second kappa shape index (κ2) is 3.61. The number of ether oxygens (including phenoxy) is 1. The third-order valence-electron chi connectivity index (χ3n) is 3.65. The quantitative estimate of drug-likeness (QED) is 0.804. The highest BCUT2D eigenvalue weighted by atomic mass is 16.5. The van der Waals surface area contributed by atoms with E-state index in [1.54, 1.807) is 0 Å². The van der Waals surface area contributed by atoms with E-state index >= 15 is 0 Å². The van der Waals surface area contributed by atoms with Gasteiger partial charge in [-0.2, -0.15) is 0 Å². The molecule has 3 nitrogen and oxygen atoms in total. The van der Waals surface area contributed by atoms with Gasteiger partial charge in [0.2, 0.25) is 0 Å². The van der Waals surface area contributed by atoms with E-state index in [-0.39, 0.29) is 5.41 Å². The van der Waals surface area contributed by atoms with Gasteiger partial charge in [0, 0.05) is 35.7 Å². The summed E-state index contributed by atoms with van der Waals surface area (Å²) in [5.74, 6) is 0. The van der Waals surface area contributed by atoms with E-state index in [2.05, 4.69) is 29.4 Å². The molecule has 0 amide bonds. The van der Waals surface area contributed by atoms with Gasteiger partial charge in [-0.1, -0.05) is 18.2 Å². The zero-order chi connectivity index (χ0) is 11.0. The predicted octanol–water partition coefficient (Wildman–Crippen LogP) is 1.78. The van der Waals surface area contributed by atoms with Crippen molar-refractivity contribution in [3.63, 3.8) is 0 Å². The zero-order valence-electron chi connectivity index (χ0n) is 9.20. The summed E-state index contributed by atoms with van der Waals surface area (Å²) in [7, 11) is 0. The summed E-state index contributed by atoms with van der Waals surface area (Å²) in [5.41, 5.74) is 8.46. The summed E-state index contributed by atoms with van der Waals surface area (Å²) in [6, 6.07) is 8.36. The standard InChI is InChI=1S/C13H16N2O/c14-8-13(5-6-16-9-13)11-7-15-12-4-2-1-3-10(11)12/h1-4,7,15H,5-6,8-9,14H2. The molecule has 1 saturated heterocycles. The number of benzene rings is 1. The molecule has 1 aliphatic heterocycles. The lowest BCUT2D eigenvalue weighted by Gasteiger charge is -2.25. The molecule has 1 aromatic carbocycles. The maximum atomic E-state index is 5.96. The van der Waals surface area contributed by atoms with Crippen LogP contribution in [0.5, 0.6) is 0 Å². The van der Waals surface area contributed by atoms with Gasteiger partial charge in [0.05, 0.1) is 6.61 Å². The molecule has 1 unspecified atom stereocenters. The van der Waals surface area contributed by atoms with Crippen molar-refractivity contribution in [3.05, 3.63) is 36.0 Å². The molecule has 0 radical (unpaired) electrons. The molecule has 1 fully saturated rings. The van der Waals surface area contributed by atoms with Crippen LogP contribution in [0.4, 0.5) is 0 Å². The number of nitrogens with one attached hydrogen (secondary N) is 1. The van der Waals surface area contributed by atoms with E-state index in [9.17, 15) is 0 Å². The molecule has 2 aromatic rings. The van der Waals surface area contributed by atoms with Gasteiger partial charge >= 0.3 is 0 Å². The smallest absolute Gasteiger partial charge is 0.0576 e. The topological polar surface area (TPSA) is 51.0 Å². The molecule has 84 valence electrons. The van der Waals surface area contributed by atoms with Gasteiger partial charge in [-0.25, -0.2) is 0 Å². The normalized spacial score (nSPS) is 25.3. The number of aromatic nitrogens is 1. The average molecular weight is 216 g/mol. The van der Waals surface area contributed by atoms with Crippen LogP contribution >= 0.6 is 0 Å². The number of aromatic amines is 1. The van der Waals surface area contributed by atoms with E-state index in [0.717, 1.165) is 19.6 Å². The van der Waals surface area contributed by atoms with Crippen molar-refractivity contribution in [3.8, 4) is 0 Å². The predicted molar refractivity (Wildman–Crippen MR) is 64.5 cm³/mol. The van der Waals surface area contributed by atoms with Crippen LogP contribution in [0.3, 0.4) is 0 Å². The Kier molecular flexibility index (Phi) is 2.23. The average Bonchev–Trinajstić information content (AvgIpc) is 2.96. The lowest BCUT2D eigenvalue weighted by atomic mass is 9.80. The molecule has 1 aromatic heterocycles. The first-order valence-electron chi connectivity index (χ1n) is 5.70.